The Morgan fingerprint density at radius 3 is 2.36 bits per heavy atom. The number of benzene rings is 3. The number of aliphatic imine (C=N–C) groups is 1. The van der Waals surface area contributed by atoms with E-state index in [0.29, 0.717) is 0 Å². The van der Waals surface area contributed by atoms with Gasteiger partial charge in [-0.25, -0.2) is 9.78 Å². The first-order valence-corrected chi connectivity index (χ1v) is 13.3. The standard InChI is InChI=1S/C32H35N5O2/c1-21-6-15-30(37(21)31(38)39-32(2,3)4)36-29(18-33-5)23-9-7-22(8-10-23)24-11-12-26-17-27(14-13-25(26)16-24)28-19-34-20-35-28/h7-14,16-21,30,36H,5-6,15H2,1-4H3,(H,34,35)/b29-18-/t21-,30?/m1/s1. The Bertz CT molecular complexity index is 1500. The zero-order valence-corrected chi connectivity index (χ0v) is 22.9. The van der Waals surface area contributed by atoms with Crippen LogP contribution in [0.1, 0.15) is 46.1 Å². The van der Waals surface area contributed by atoms with Gasteiger partial charge in [-0.3, -0.25) is 9.89 Å². The zero-order valence-electron chi connectivity index (χ0n) is 22.9. The van der Waals surface area contributed by atoms with Crippen LogP contribution in [0.25, 0.3) is 38.9 Å². The van der Waals surface area contributed by atoms with Crippen molar-refractivity contribution in [2.75, 3.05) is 0 Å². The maximum atomic E-state index is 12.9. The average Bonchev–Trinajstić information content (AvgIpc) is 3.57. The first kappa shape index (κ1) is 26.2. The Balaban J connectivity index is 1.35. The van der Waals surface area contributed by atoms with Crippen LogP contribution in [-0.2, 0) is 4.74 Å². The van der Waals surface area contributed by atoms with Crippen molar-refractivity contribution in [3.8, 4) is 22.4 Å². The molecule has 1 aromatic heterocycles. The Morgan fingerprint density at radius 2 is 1.72 bits per heavy atom. The van der Waals surface area contributed by atoms with Crippen LogP contribution in [0.2, 0.25) is 0 Å². The molecule has 1 saturated heterocycles. The van der Waals surface area contributed by atoms with Crippen LogP contribution in [0, 0.1) is 0 Å². The second-order valence-electron chi connectivity index (χ2n) is 11.0. The minimum absolute atomic E-state index is 0.0842. The number of ether oxygens (including phenoxy) is 1. The third kappa shape index (κ3) is 5.87. The van der Waals surface area contributed by atoms with Crippen molar-refractivity contribution in [2.24, 2.45) is 4.99 Å². The highest BCUT2D eigenvalue weighted by Gasteiger charge is 2.37. The number of nitrogens with zero attached hydrogens (tertiary/aromatic N) is 3. The van der Waals surface area contributed by atoms with E-state index in [9.17, 15) is 4.79 Å². The van der Waals surface area contributed by atoms with Gasteiger partial charge in [0.25, 0.3) is 0 Å². The fourth-order valence-electron chi connectivity index (χ4n) is 5.06. The van der Waals surface area contributed by atoms with Gasteiger partial charge >= 0.3 is 6.09 Å². The van der Waals surface area contributed by atoms with E-state index in [1.807, 2.05) is 27.0 Å². The highest BCUT2D eigenvalue weighted by atomic mass is 16.6. The molecule has 3 aromatic carbocycles. The van der Waals surface area contributed by atoms with Crippen LogP contribution in [-0.4, -0.2) is 45.5 Å². The molecule has 4 aromatic rings. The molecular weight excluding hydrogens is 486 g/mol. The van der Waals surface area contributed by atoms with Crippen molar-refractivity contribution in [3.05, 3.63) is 85.0 Å². The van der Waals surface area contributed by atoms with Gasteiger partial charge in [0.05, 0.1) is 17.7 Å². The van der Waals surface area contributed by atoms with Crippen LogP contribution >= 0.6 is 0 Å². The number of rotatable bonds is 6. The Morgan fingerprint density at radius 1 is 1.05 bits per heavy atom. The molecule has 2 heterocycles. The lowest BCUT2D eigenvalue weighted by atomic mass is 9.98. The quantitative estimate of drug-likeness (QED) is 0.262. The van der Waals surface area contributed by atoms with E-state index in [0.717, 1.165) is 46.5 Å². The van der Waals surface area contributed by atoms with E-state index in [4.69, 9.17) is 4.74 Å². The minimum atomic E-state index is -0.550. The highest BCUT2D eigenvalue weighted by molar-refractivity contribution is 5.90. The summed E-state index contributed by atoms with van der Waals surface area (Å²) in [5.41, 5.74) is 5.52. The molecular formula is C32H35N5O2. The summed E-state index contributed by atoms with van der Waals surface area (Å²) in [6.45, 7) is 11.4. The van der Waals surface area contributed by atoms with E-state index in [1.165, 1.54) is 10.8 Å². The Hall–Kier alpha value is -4.39. The maximum Gasteiger partial charge on any atom is 0.412 e. The molecule has 39 heavy (non-hydrogen) atoms. The molecule has 0 aliphatic carbocycles. The third-order valence-electron chi connectivity index (χ3n) is 6.98. The van der Waals surface area contributed by atoms with Crippen LogP contribution < -0.4 is 5.32 Å². The third-order valence-corrected chi connectivity index (χ3v) is 6.98. The van der Waals surface area contributed by atoms with Gasteiger partial charge in [0.15, 0.2) is 0 Å². The summed E-state index contributed by atoms with van der Waals surface area (Å²) in [4.78, 5) is 26.1. The molecule has 0 saturated carbocycles. The number of likely N-dealkylation sites (tertiary alicyclic amines) is 1. The molecule has 0 spiro atoms. The second-order valence-corrected chi connectivity index (χ2v) is 11.0. The average molecular weight is 522 g/mol. The molecule has 0 radical (unpaired) electrons. The van der Waals surface area contributed by atoms with E-state index in [-0.39, 0.29) is 18.3 Å². The van der Waals surface area contributed by atoms with E-state index >= 15 is 0 Å². The lowest BCUT2D eigenvalue weighted by molar-refractivity contribution is 0.0146. The smallest absolute Gasteiger partial charge is 0.412 e. The molecule has 0 bridgehead atoms. The lowest BCUT2D eigenvalue weighted by Crippen LogP contribution is -2.48. The Kier molecular flexibility index (Phi) is 7.24. The Labute approximate surface area is 229 Å². The van der Waals surface area contributed by atoms with Gasteiger partial charge in [-0.05, 0) is 86.8 Å². The number of aromatic nitrogens is 2. The van der Waals surface area contributed by atoms with Gasteiger partial charge < -0.3 is 15.0 Å². The fourth-order valence-corrected chi connectivity index (χ4v) is 5.06. The summed E-state index contributed by atoms with van der Waals surface area (Å²) in [7, 11) is 0. The molecule has 1 unspecified atom stereocenters. The number of amides is 1. The summed E-state index contributed by atoms with van der Waals surface area (Å²) >= 11 is 0. The molecule has 7 heteroatoms. The first-order valence-electron chi connectivity index (χ1n) is 13.3. The molecule has 1 amide bonds. The van der Waals surface area contributed by atoms with E-state index in [2.05, 4.69) is 94.6 Å². The largest absolute Gasteiger partial charge is 0.444 e. The molecule has 1 aliphatic heterocycles. The fraction of sp³-hybridized carbons (Fsp3) is 0.281. The maximum absolute atomic E-state index is 12.9. The molecule has 5 rings (SSSR count). The number of hydrogen-bond donors (Lipinski definition) is 2. The van der Waals surface area contributed by atoms with Crippen LogP contribution in [0.5, 0.6) is 0 Å². The summed E-state index contributed by atoms with van der Waals surface area (Å²) < 4.78 is 5.68. The van der Waals surface area contributed by atoms with Crippen LogP contribution in [0.3, 0.4) is 0 Å². The lowest BCUT2D eigenvalue weighted by Gasteiger charge is -2.32. The topological polar surface area (TPSA) is 82.6 Å². The van der Waals surface area contributed by atoms with Gasteiger partial charge in [-0.2, -0.15) is 0 Å². The number of aromatic amines is 1. The number of H-pyrrole nitrogens is 1. The number of hydrogen-bond acceptors (Lipinski definition) is 5. The van der Waals surface area contributed by atoms with Gasteiger partial charge in [-0.1, -0.05) is 48.5 Å². The van der Waals surface area contributed by atoms with Crippen molar-refractivity contribution >= 4 is 29.3 Å². The normalized spacial score (nSPS) is 17.8. The highest BCUT2D eigenvalue weighted by Crippen LogP contribution is 2.30. The number of carbonyl (C=O) groups excluding carboxylic acids is 1. The second kappa shape index (κ2) is 10.8. The van der Waals surface area contributed by atoms with Crippen molar-refractivity contribution in [1.82, 2.24) is 20.2 Å². The van der Waals surface area contributed by atoms with E-state index in [1.54, 1.807) is 17.4 Å². The molecule has 1 aliphatic rings. The number of fused-ring (bicyclic) bond motifs is 1. The summed E-state index contributed by atoms with van der Waals surface area (Å²) in [6.07, 6.45) is 6.53. The number of imidazole rings is 1. The predicted octanol–water partition coefficient (Wildman–Crippen LogP) is 7.23. The zero-order chi connectivity index (χ0) is 27.6. The summed E-state index contributed by atoms with van der Waals surface area (Å²) in [6, 6.07) is 21.3. The van der Waals surface area contributed by atoms with Gasteiger partial charge in [0, 0.05) is 24.0 Å². The van der Waals surface area contributed by atoms with Gasteiger partial charge in [0.2, 0.25) is 0 Å². The minimum Gasteiger partial charge on any atom is -0.444 e. The number of carbonyl (C=O) groups is 1. The molecule has 200 valence electrons. The monoisotopic (exact) mass is 521 g/mol. The van der Waals surface area contributed by atoms with Crippen molar-refractivity contribution in [3.63, 3.8) is 0 Å². The van der Waals surface area contributed by atoms with Crippen molar-refractivity contribution in [2.45, 2.75) is 58.3 Å². The summed E-state index contributed by atoms with van der Waals surface area (Å²) in [5, 5.41) is 5.87. The molecule has 2 atom stereocenters. The SMILES string of the molecule is C=N/C=C(\NC1CC[C@@H](C)N1C(=O)OC(C)(C)C)c1ccc(-c2ccc3cc(-c4c[nH]cn4)ccc3c2)cc1. The van der Waals surface area contributed by atoms with Crippen molar-refractivity contribution in [1.29, 1.82) is 0 Å². The van der Waals surface area contributed by atoms with Gasteiger partial charge in [-0.15, -0.1) is 0 Å². The van der Waals surface area contributed by atoms with Crippen LogP contribution in [0.4, 0.5) is 4.79 Å². The molecule has 1 fully saturated rings. The summed E-state index contributed by atoms with van der Waals surface area (Å²) in [5.74, 6) is 0. The predicted molar refractivity (Wildman–Crippen MR) is 158 cm³/mol. The van der Waals surface area contributed by atoms with E-state index < -0.39 is 5.60 Å². The number of nitrogens with one attached hydrogen (secondary N) is 2. The molecule has 7 nitrogen and oxygen atoms in total. The van der Waals surface area contributed by atoms with Crippen molar-refractivity contribution < 1.29 is 9.53 Å². The molecule has 2 N–H and O–H groups in total. The van der Waals surface area contributed by atoms with Gasteiger partial charge in [0.1, 0.15) is 11.8 Å². The first-order chi connectivity index (χ1) is 18.7. The van der Waals surface area contributed by atoms with Crippen LogP contribution in [0.15, 0.2) is 84.4 Å².